The highest BCUT2D eigenvalue weighted by atomic mass is 35.5. The molecule has 2 aromatic carbocycles. The average Bonchev–Trinajstić information content (AvgIpc) is 2.55. The SMILES string of the molecule is CN=C(NCc1ccc(O)c(F)c1)NC(C)c1ccc(Cl)cc1. The first kappa shape index (κ1) is 17.1. The Labute approximate surface area is 140 Å². The number of halogens is 2. The van der Waals surface area contributed by atoms with Crippen molar-refractivity contribution in [3.63, 3.8) is 0 Å². The Hall–Kier alpha value is -2.27. The fraction of sp³-hybridized carbons (Fsp3) is 0.235. The highest BCUT2D eigenvalue weighted by Gasteiger charge is 2.08. The molecule has 4 nitrogen and oxygen atoms in total. The smallest absolute Gasteiger partial charge is 0.191 e. The lowest BCUT2D eigenvalue weighted by atomic mass is 10.1. The number of guanidine groups is 1. The topological polar surface area (TPSA) is 56.7 Å². The first-order valence-electron chi connectivity index (χ1n) is 7.19. The molecule has 0 aliphatic heterocycles. The van der Waals surface area contributed by atoms with Gasteiger partial charge in [-0.3, -0.25) is 4.99 Å². The van der Waals surface area contributed by atoms with Crippen LogP contribution in [0.3, 0.4) is 0 Å². The van der Waals surface area contributed by atoms with Gasteiger partial charge in [0.05, 0.1) is 6.04 Å². The van der Waals surface area contributed by atoms with Gasteiger partial charge >= 0.3 is 0 Å². The van der Waals surface area contributed by atoms with Crippen LogP contribution in [0.4, 0.5) is 4.39 Å². The molecule has 0 amide bonds. The van der Waals surface area contributed by atoms with Crippen LogP contribution in [-0.2, 0) is 6.54 Å². The van der Waals surface area contributed by atoms with Gasteiger partial charge in [0.2, 0.25) is 0 Å². The molecule has 2 aromatic rings. The van der Waals surface area contributed by atoms with Gasteiger partial charge < -0.3 is 15.7 Å². The molecule has 1 unspecified atom stereocenters. The number of benzene rings is 2. The van der Waals surface area contributed by atoms with Crippen LogP contribution in [0.5, 0.6) is 5.75 Å². The molecular weight excluding hydrogens is 317 g/mol. The summed E-state index contributed by atoms with van der Waals surface area (Å²) in [6.07, 6.45) is 0. The standard InChI is InChI=1S/C17H19ClFN3O/c1-11(13-4-6-14(18)7-5-13)22-17(20-2)21-10-12-3-8-16(23)15(19)9-12/h3-9,11,23H,10H2,1-2H3,(H2,20,21,22). The Balaban J connectivity index is 1.95. The van der Waals surface area contributed by atoms with E-state index in [2.05, 4.69) is 15.6 Å². The first-order chi connectivity index (χ1) is 11.0. The molecule has 0 fully saturated rings. The van der Waals surface area contributed by atoms with Crippen molar-refractivity contribution in [1.29, 1.82) is 0 Å². The molecule has 23 heavy (non-hydrogen) atoms. The van der Waals surface area contributed by atoms with E-state index in [-0.39, 0.29) is 11.8 Å². The van der Waals surface area contributed by atoms with E-state index in [1.165, 1.54) is 12.1 Å². The van der Waals surface area contributed by atoms with Crippen LogP contribution in [0.15, 0.2) is 47.5 Å². The largest absolute Gasteiger partial charge is 0.505 e. The van der Waals surface area contributed by atoms with Crippen LogP contribution in [0.2, 0.25) is 5.02 Å². The summed E-state index contributed by atoms with van der Waals surface area (Å²) in [4.78, 5) is 4.15. The van der Waals surface area contributed by atoms with Gasteiger partial charge in [-0.2, -0.15) is 0 Å². The van der Waals surface area contributed by atoms with Gasteiger partial charge in [-0.1, -0.05) is 29.8 Å². The minimum absolute atomic E-state index is 0.0371. The maximum Gasteiger partial charge on any atom is 0.191 e. The van der Waals surface area contributed by atoms with Crippen LogP contribution in [0.25, 0.3) is 0 Å². The summed E-state index contributed by atoms with van der Waals surface area (Å²) >= 11 is 5.89. The molecule has 0 heterocycles. The van der Waals surface area contributed by atoms with Gasteiger partial charge in [0.15, 0.2) is 17.5 Å². The number of nitrogens with zero attached hydrogens (tertiary/aromatic N) is 1. The van der Waals surface area contributed by atoms with Gasteiger partial charge in [-0.25, -0.2) is 4.39 Å². The number of phenolic OH excluding ortho intramolecular Hbond substituents is 1. The van der Waals surface area contributed by atoms with Crippen molar-refractivity contribution in [2.75, 3.05) is 7.05 Å². The van der Waals surface area contributed by atoms with Crippen LogP contribution >= 0.6 is 11.6 Å². The van der Waals surface area contributed by atoms with Crippen LogP contribution in [0, 0.1) is 5.82 Å². The molecule has 0 radical (unpaired) electrons. The molecule has 0 saturated carbocycles. The highest BCUT2D eigenvalue weighted by Crippen LogP contribution is 2.17. The minimum Gasteiger partial charge on any atom is -0.505 e. The number of aromatic hydroxyl groups is 1. The van der Waals surface area contributed by atoms with Crippen molar-refractivity contribution >= 4 is 17.6 Å². The molecule has 3 N–H and O–H groups in total. The number of phenols is 1. The fourth-order valence-corrected chi connectivity index (χ4v) is 2.21. The Morgan fingerprint density at radius 2 is 1.96 bits per heavy atom. The van der Waals surface area contributed by atoms with Gasteiger partial charge in [0.1, 0.15) is 0 Å². The van der Waals surface area contributed by atoms with E-state index in [1.807, 2.05) is 31.2 Å². The summed E-state index contributed by atoms with van der Waals surface area (Å²) in [5.41, 5.74) is 1.79. The fourth-order valence-electron chi connectivity index (χ4n) is 2.08. The van der Waals surface area contributed by atoms with Crippen molar-refractivity contribution in [3.05, 3.63) is 64.4 Å². The number of hydrogen-bond donors (Lipinski definition) is 3. The van der Waals surface area contributed by atoms with E-state index in [0.717, 1.165) is 5.56 Å². The zero-order valence-electron chi connectivity index (χ0n) is 13.0. The zero-order chi connectivity index (χ0) is 16.8. The van der Waals surface area contributed by atoms with E-state index in [1.54, 1.807) is 13.1 Å². The normalized spacial score (nSPS) is 12.8. The molecule has 6 heteroatoms. The van der Waals surface area contributed by atoms with Crippen LogP contribution in [-0.4, -0.2) is 18.1 Å². The molecule has 0 aromatic heterocycles. The predicted octanol–water partition coefficient (Wildman–Crippen LogP) is 3.61. The third-order valence-electron chi connectivity index (χ3n) is 3.42. The summed E-state index contributed by atoms with van der Waals surface area (Å²) < 4.78 is 13.3. The third kappa shape index (κ3) is 4.86. The van der Waals surface area contributed by atoms with E-state index in [4.69, 9.17) is 11.6 Å². The summed E-state index contributed by atoms with van der Waals surface area (Å²) in [7, 11) is 1.67. The molecule has 0 saturated heterocycles. The van der Waals surface area contributed by atoms with Crippen molar-refractivity contribution in [3.8, 4) is 5.75 Å². The van der Waals surface area contributed by atoms with Crippen molar-refractivity contribution in [2.24, 2.45) is 4.99 Å². The average molecular weight is 336 g/mol. The third-order valence-corrected chi connectivity index (χ3v) is 3.67. The van der Waals surface area contributed by atoms with E-state index in [0.29, 0.717) is 23.1 Å². The van der Waals surface area contributed by atoms with Gasteiger partial charge in [-0.15, -0.1) is 0 Å². The maximum absolute atomic E-state index is 13.3. The Kier molecular flexibility index (Phi) is 5.82. The maximum atomic E-state index is 13.3. The lowest BCUT2D eigenvalue weighted by Crippen LogP contribution is -2.38. The second kappa shape index (κ2) is 7.83. The zero-order valence-corrected chi connectivity index (χ0v) is 13.7. The second-order valence-electron chi connectivity index (χ2n) is 5.13. The molecular formula is C17H19ClFN3O. The first-order valence-corrected chi connectivity index (χ1v) is 7.57. The number of rotatable bonds is 4. The summed E-state index contributed by atoms with van der Waals surface area (Å²) in [5.74, 6) is -0.393. The van der Waals surface area contributed by atoms with Gasteiger partial charge in [-0.05, 0) is 42.3 Å². The summed E-state index contributed by atoms with van der Waals surface area (Å²) in [6.45, 7) is 2.40. The van der Waals surface area contributed by atoms with E-state index < -0.39 is 5.82 Å². The lowest BCUT2D eigenvalue weighted by molar-refractivity contribution is 0.431. The Morgan fingerprint density at radius 3 is 2.57 bits per heavy atom. The summed E-state index contributed by atoms with van der Waals surface area (Å²) in [5, 5.41) is 16.2. The molecule has 122 valence electrons. The highest BCUT2D eigenvalue weighted by molar-refractivity contribution is 6.30. The number of nitrogens with one attached hydrogen (secondary N) is 2. The Morgan fingerprint density at radius 1 is 1.26 bits per heavy atom. The van der Waals surface area contributed by atoms with Gasteiger partial charge in [0.25, 0.3) is 0 Å². The van der Waals surface area contributed by atoms with Crippen molar-refractivity contribution in [1.82, 2.24) is 10.6 Å². The summed E-state index contributed by atoms with van der Waals surface area (Å²) in [6, 6.07) is 11.9. The Bertz CT molecular complexity index is 689. The van der Waals surface area contributed by atoms with Gasteiger partial charge in [0, 0.05) is 18.6 Å². The molecule has 0 spiro atoms. The molecule has 0 bridgehead atoms. The van der Waals surface area contributed by atoms with E-state index >= 15 is 0 Å². The second-order valence-corrected chi connectivity index (χ2v) is 5.57. The van der Waals surface area contributed by atoms with Crippen molar-refractivity contribution in [2.45, 2.75) is 19.5 Å². The van der Waals surface area contributed by atoms with Crippen molar-refractivity contribution < 1.29 is 9.50 Å². The molecule has 1 atom stereocenters. The molecule has 2 rings (SSSR count). The molecule has 0 aliphatic rings. The number of aliphatic imine (C=N–C) groups is 1. The van der Waals surface area contributed by atoms with E-state index in [9.17, 15) is 9.50 Å². The molecule has 0 aliphatic carbocycles. The van der Waals surface area contributed by atoms with Crippen LogP contribution in [0.1, 0.15) is 24.1 Å². The predicted molar refractivity (Wildman–Crippen MR) is 91.3 cm³/mol. The minimum atomic E-state index is -0.637. The van der Waals surface area contributed by atoms with Crippen LogP contribution < -0.4 is 10.6 Å². The lowest BCUT2D eigenvalue weighted by Gasteiger charge is -2.18. The quantitative estimate of drug-likeness (QED) is 0.591. The monoisotopic (exact) mass is 335 g/mol. The number of hydrogen-bond acceptors (Lipinski definition) is 2.